The maximum atomic E-state index is 5.80. The Morgan fingerprint density at radius 2 is 2.06 bits per heavy atom. The van der Waals surface area contributed by atoms with E-state index in [2.05, 4.69) is 26.1 Å². The zero-order chi connectivity index (χ0) is 11.7. The van der Waals surface area contributed by atoms with E-state index < -0.39 is 0 Å². The Morgan fingerprint density at radius 3 is 2.69 bits per heavy atom. The number of benzene rings is 1. The average molecular weight is 300 g/mol. The van der Waals surface area contributed by atoms with E-state index in [1.807, 2.05) is 19.1 Å². The molecule has 0 fully saturated rings. The van der Waals surface area contributed by atoms with E-state index in [1.165, 1.54) is 11.8 Å². The zero-order valence-electron chi connectivity index (χ0n) is 8.82. The highest BCUT2D eigenvalue weighted by atomic mass is 79.9. The number of nitrogens with zero attached hydrogens (tertiary/aromatic N) is 2. The highest BCUT2D eigenvalue weighted by Crippen LogP contribution is 2.35. The second-order valence-electron chi connectivity index (χ2n) is 3.33. The molecule has 0 amide bonds. The van der Waals surface area contributed by atoms with Crippen molar-refractivity contribution in [2.24, 2.45) is 0 Å². The molecule has 2 N–H and O–H groups in total. The third-order valence-electron chi connectivity index (χ3n) is 2.03. The number of hydrogen-bond donors (Lipinski definition) is 1. The largest absolute Gasteiger partial charge is 0.416 e. The lowest BCUT2D eigenvalue weighted by molar-refractivity contribution is 0.429. The lowest BCUT2D eigenvalue weighted by Gasteiger charge is -2.05. The Kier molecular flexibility index (Phi) is 3.20. The van der Waals surface area contributed by atoms with Gasteiger partial charge in [-0.25, -0.2) is 0 Å². The number of halogens is 1. The maximum absolute atomic E-state index is 5.80. The summed E-state index contributed by atoms with van der Waals surface area (Å²) < 4.78 is 6.23. The summed E-state index contributed by atoms with van der Waals surface area (Å²) in [5.74, 6) is 0.561. The molecule has 1 aromatic carbocycles. The van der Waals surface area contributed by atoms with Gasteiger partial charge in [0.15, 0.2) is 0 Å². The van der Waals surface area contributed by atoms with Crippen LogP contribution in [-0.4, -0.2) is 10.2 Å². The molecule has 2 aromatic rings. The van der Waals surface area contributed by atoms with Crippen LogP contribution in [-0.2, 0) is 0 Å². The number of nitrogen functional groups attached to an aromatic ring is 1. The lowest BCUT2D eigenvalue weighted by atomic mass is 10.2. The molecule has 0 aliphatic carbocycles. The Morgan fingerprint density at radius 1 is 1.31 bits per heavy atom. The summed E-state index contributed by atoms with van der Waals surface area (Å²) in [5.41, 5.74) is 7.59. The highest BCUT2D eigenvalue weighted by molar-refractivity contribution is 9.10. The normalized spacial score (nSPS) is 10.7. The standard InChI is InChI=1S/C10H10BrN3OS/c1-5-3-9(7(11)4-8(5)12)16-10-14-13-6(2)15-10/h3-4H,12H2,1-2H3. The molecule has 1 aromatic heterocycles. The van der Waals surface area contributed by atoms with Crippen molar-refractivity contribution in [1.29, 1.82) is 0 Å². The molecule has 0 bridgehead atoms. The molecule has 0 atom stereocenters. The van der Waals surface area contributed by atoms with Crippen molar-refractivity contribution in [3.05, 3.63) is 28.1 Å². The summed E-state index contributed by atoms with van der Waals surface area (Å²) in [6.45, 7) is 3.73. The van der Waals surface area contributed by atoms with Crippen molar-refractivity contribution < 1.29 is 4.42 Å². The van der Waals surface area contributed by atoms with E-state index in [0.29, 0.717) is 11.1 Å². The number of aryl methyl sites for hydroxylation is 2. The summed E-state index contributed by atoms with van der Waals surface area (Å²) in [5, 5.41) is 8.23. The summed E-state index contributed by atoms with van der Waals surface area (Å²) in [4.78, 5) is 1.01. The number of nitrogens with two attached hydrogens (primary N) is 1. The Labute approximate surface area is 106 Å². The molecule has 0 unspecified atom stereocenters. The van der Waals surface area contributed by atoms with Gasteiger partial charge in [-0.1, -0.05) is 0 Å². The second kappa shape index (κ2) is 4.47. The summed E-state index contributed by atoms with van der Waals surface area (Å²) in [7, 11) is 0. The van der Waals surface area contributed by atoms with Gasteiger partial charge in [-0.3, -0.25) is 0 Å². The first-order valence-electron chi connectivity index (χ1n) is 4.60. The molecule has 84 valence electrons. The number of hydrogen-bond acceptors (Lipinski definition) is 5. The van der Waals surface area contributed by atoms with E-state index in [1.54, 1.807) is 6.92 Å². The van der Waals surface area contributed by atoms with Crippen molar-refractivity contribution in [2.75, 3.05) is 5.73 Å². The molecule has 16 heavy (non-hydrogen) atoms. The molecule has 1 heterocycles. The monoisotopic (exact) mass is 299 g/mol. The minimum atomic E-state index is 0.530. The van der Waals surface area contributed by atoms with Gasteiger partial charge in [0.05, 0.1) is 0 Å². The van der Waals surface area contributed by atoms with Crippen LogP contribution in [0.1, 0.15) is 11.5 Å². The van der Waals surface area contributed by atoms with Crippen LogP contribution in [0.4, 0.5) is 5.69 Å². The minimum absolute atomic E-state index is 0.530. The number of anilines is 1. The van der Waals surface area contributed by atoms with Crippen LogP contribution in [0.25, 0.3) is 0 Å². The van der Waals surface area contributed by atoms with Gasteiger partial charge in [-0.05, 0) is 52.3 Å². The van der Waals surface area contributed by atoms with Gasteiger partial charge in [-0.15, -0.1) is 10.2 Å². The van der Waals surface area contributed by atoms with Crippen LogP contribution in [0.2, 0.25) is 0 Å². The fourth-order valence-corrected chi connectivity index (χ4v) is 2.59. The Hall–Kier alpha value is -1.01. The van der Waals surface area contributed by atoms with Crippen LogP contribution in [0.5, 0.6) is 0 Å². The van der Waals surface area contributed by atoms with Gasteiger partial charge in [0.25, 0.3) is 5.22 Å². The van der Waals surface area contributed by atoms with Crippen LogP contribution in [0.3, 0.4) is 0 Å². The van der Waals surface area contributed by atoms with Crippen molar-refractivity contribution in [1.82, 2.24) is 10.2 Å². The molecular formula is C10H10BrN3OS. The molecule has 6 heteroatoms. The van der Waals surface area contributed by atoms with Crippen molar-refractivity contribution in [2.45, 2.75) is 24.0 Å². The molecule has 0 saturated carbocycles. The van der Waals surface area contributed by atoms with E-state index in [9.17, 15) is 0 Å². The smallest absolute Gasteiger partial charge is 0.281 e. The average Bonchev–Trinajstić information content (AvgIpc) is 2.60. The third-order valence-corrected chi connectivity index (χ3v) is 3.84. The first-order valence-corrected chi connectivity index (χ1v) is 6.21. The van der Waals surface area contributed by atoms with E-state index in [0.717, 1.165) is 20.6 Å². The van der Waals surface area contributed by atoms with Crippen molar-refractivity contribution >= 4 is 33.4 Å². The lowest BCUT2D eigenvalue weighted by Crippen LogP contribution is -1.90. The quantitative estimate of drug-likeness (QED) is 0.863. The Balaban J connectivity index is 2.31. The van der Waals surface area contributed by atoms with Crippen LogP contribution < -0.4 is 5.73 Å². The van der Waals surface area contributed by atoms with E-state index in [-0.39, 0.29) is 0 Å². The number of rotatable bonds is 2. The van der Waals surface area contributed by atoms with Gasteiger partial charge >= 0.3 is 0 Å². The predicted molar refractivity (Wildman–Crippen MR) is 66.4 cm³/mol. The molecule has 2 rings (SSSR count). The van der Waals surface area contributed by atoms with Crippen LogP contribution >= 0.6 is 27.7 Å². The van der Waals surface area contributed by atoms with Gasteiger partial charge in [-0.2, -0.15) is 0 Å². The topological polar surface area (TPSA) is 64.9 Å². The molecule has 0 aliphatic heterocycles. The zero-order valence-corrected chi connectivity index (χ0v) is 11.2. The second-order valence-corrected chi connectivity index (χ2v) is 5.18. The van der Waals surface area contributed by atoms with E-state index >= 15 is 0 Å². The SMILES string of the molecule is Cc1nnc(Sc2cc(C)c(N)cc2Br)o1. The van der Waals surface area contributed by atoms with Crippen molar-refractivity contribution in [3.63, 3.8) is 0 Å². The molecular weight excluding hydrogens is 290 g/mol. The first kappa shape index (κ1) is 11.5. The fraction of sp³-hybridized carbons (Fsp3) is 0.200. The van der Waals surface area contributed by atoms with Gasteiger partial charge in [0.1, 0.15) is 0 Å². The molecule has 0 radical (unpaired) electrons. The van der Waals surface area contributed by atoms with Crippen molar-refractivity contribution in [3.8, 4) is 0 Å². The van der Waals surface area contributed by atoms with Gasteiger partial charge in [0, 0.05) is 22.0 Å². The van der Waals surface area contributed by atoms with Crippen LogP contribution in [0, 0.1) is 13.8 Å². The Bertz CT molecular complexity index is 527. The predicted octanol–water partition coefficient (Wildman–Crippen LogP) is 3.18. The highest BCUT2D eigenvalue weighted by Gasteiger charge is 2.09. The summed E-state index contributed by atoms with van der Waals surface area (Å²) in [6, 6.07) is 3.87. The number of aromatic nitrogens is 2. The molecule has 4 nitrogen and oxygen atoms in total. The first-order chi connectivity index (χ1) is 7.56. The van der Waals surface area contributed by atoms with Gasteiger partial charge in [0.2, 0.25) is 5.89 Å². The molecule has 0 spiro atoms. The minimum Gasteiger partial charge on any atom is -0.416 e. The molecule has 0 saturated heterocycles. The third kappa shape index (κ3) is 2.38. The summed E-state index contributed by atoms with van der Waals surface area (Å²) in [6.07, 6.45) is 0. The fourth-order valence-electron chi connectivity index (χ4n) is 1.16. The van der Waals surface area contributed by atoms with Gasteiger partial charge < -0.3 is 10.2 Å². The molecule has 0 aliphatic rings. The van der Waals surface area contributed by atoms with E-state index in [4.69, 9.17) is 10.2 Å². The maximum Gasteiger partial charge on any atom is 0.281 e. The summed E-state index contributed by atoms with van der Waals surface area (Å²) >= 11 is 4.87. The van der Waals surface area contributed by atoms with Crippen LogP contribution in [0.15, 0.2) is 31.1 Å².